The Morgan fingerprint density at radius 1 is 1.57 bits per heavy atom. The van der Waals surface area contributed by atoms with Crippen LogP contribution >= 0.6 is 0 Å². The molecule has 1 amide bonds. The van der Waals surface area contributed by atoms with E-state index in [1.807, 2.05) is 6.07 Å². The van der Waals surface area contributed by atoms with E-state index < -0.39 is 17.9 Å². The van der Waals surface area contributed by atoms with E-state index in [4.69, 9.17) is 4.74 Å². The zero-order chi connectivity index (χ0) is 16.8. The Balaban J connectivity index is 1.99. The van der Waals surface area contributed by atoms with Crippen LogP contribution in [0.3, 0.4) is 0 Å². The second kappa shape index (κ2) is 5.15. The highest BCUT2D eigenvalue weighted by atomic mass is 19.3. The lowest BCUT2D eigenvalue weighted by Gasteiger charge is -2.35. The first kappa shape index (κ1) is 15.1. The van der Waals surface area contributed by atoms with Crippen molar-refractivity contribution in [1.82, 2.24) is 19.9 Å². The molecule has 0 atom stereocenters. The Hall–Kier alpha value is -2.76. The van der Waals surface area contributed by atoms with Gasteiger partial charge >= 0.3 is 0 Å². The summed E-state index contributed by atoms with van der Waals surface area (Å²) in [6.45, 7) is 1.62. The molecule has 0 aromatic carbocycles. The summed E-state index contributed by atoms with van der Waals surface area (Å²) in [5.41, 5.74) is 0.908. The van der Waals surface area contributed by atoms with Gasteiger partial charge < -0.3 is 10.1 Å². The summed E-state index contributed by atoms with van der Waals surface area (Å²) in [6.07, 6.45) is -0.767. The zero-order valence-corrected chi connectivity index (χ0v) is 12.4. The monoisotopic (exact) mass is 321 g/mol. The van der Waals surface area contributed by atoms with E-state index in [9.17, 15) is 18.8 Å². The maximum absolute atomic E-state index is 12.9. The van der Waals surface area contributed by atoms with Gasteiger partial charge in [-0.15, -0.1) is 0 Å². The number of methoxy groups -OCH3 is 1. The van der Waals surface area contributed by atoms with Crippen molar-refractivity contribution in [1.29, 1.82) is 5.26 Å². The van der Waals surface area contributed by atoms with Gasteiger partial charge in [-0.1, -0.05) is 0 Å². The number of halogens is 2. The SMILES string of the molecule is COc1cc(C(=O)NC2CC(F)(F)C2)n2nc(C)c(C#N)c2n1. The first-order chi connectivity index (χ1) is 10.8. The number of nitrogens with zero attached hydrogens (tertiary/aromatic N) is 4. The number of nitrogens with one attached hydrogen (secondary N) is 1. The van der Waals surface area contributed by atoms with Gasteiger partial charge in [-0.2, -0.15) is 15.3 Å². The van der Waals surface area contributed by atoms with Crippen molar-refractivity contribution >= 4 is 11.6 Å². The number of amides is 1. The zero-order valence-electron chi connectivity index (χ0n) is 12.4. The van der Waals surface area contributed by atoms with E-state index in [-0.39, 0.29) is 35.6 Å². The summed E-state index contributed by atoms with van der Waals surface area (Å²) >= 11 is 0. The molecule has 2 aromatic heterocycles. The molecule has 9 heteroatoms. The van der Waals surface area contributed by atoms with Crippen LogP contribution in [-0.4, -0.2) is 39.6 Å². The van der Waals surface area contributed by atoms with Crippen molar-refractivity contribution in [2.75, 3.05) is 7.11 Å². The first-order valence-corrected chi connectivity index (χ1v) is 6.88. The average molecular weight is 321 g/mol. The van der Waals surface area contributed by atoms with E-state index in [1.165, 1.54) is 17.7 Å². The standard InChI is InChI=1S/C14H13F2N5O2/c1-7-9(6-17)12-19-11(23-2)3-10(21(12)20-7)13(22)18-8-4-14(15,16)5-8/h3,8H,4-5H2,1-2H3,(H,18,22). The van der Waals surface area contributed by atoms with Crippen molar-refractivity contribution in [3.63, 3.8) is 0 Å². The number of nitriles is 1. The number of carbonyl (C=O) groups is 1. The number of fused-ring (bicyclic) bond motifs is 1. The summed E-state index contributed by atoms with van der Waals surface area (Å²) in [5, 5.41) is 15.8. The maximum atomic E-state index is 12.9. The summed E-state index contributed by atoms with van der Waals surface area (Å²) in [5.74, 6) is -3.15. The molecule has 2 heterocycles. The van der Waals surface area contributed by atoms with Gasteiger partial charge in [0.25, 0.3) is 11.8 Å². The fraction of sp³-hybridized carbons (Fsp3) is 0.429. The van der Waals surface area contributed by atoms with Gasteiger partial charge in [0, 0.05) is 24.9 Å². The minimum Gasteiger partial charge on any atom is -0.481 e. The number of aromatic nitrogens is 3. The number of alkyl halides is 2. The highest BCUT2D eigenvalue weighted by molar-refractivity contribution is 5.94. The third-order valence-electron chi connectivity index (χ3n) is 3.72. The molecule has 1 aliphatic carbocycles. The maximum Gasteiger partial charge on any atom is 0.270 e. The fourth-order valence-electron chi connectivity index (χ4n) is 2.52. The average Bonchev–Trinajstić information content (AvgIpc) is 2.79. The van der Waals surface area contributed by atoms with Crippen LogP contribution in [0.2, 0.25) is 0 Å². The third kappa shape index (κ3) is 2.56. The molecule has 2 aromatic rings. The first-order valence-electron chi connectivity index (χ1n) is 6.88. The van der Waals surface area contributed by atoms with E-state index >= 15 is 0 Å². The topological polar surface area (TPSA) is 92.3 Å². The van der Waals surface area contributed by atoms with Gasteiger partial charge in [0.15, 0.2) is 5.65 Å². The summed E-state index contributed by atoms with van der Waals surface area (Å²) in [7, 11) is 1.38. The van der Waals surface area contributed by atoms with Gasteiger partial charge in [-0.3, -0.25) is 4.79 Å². The molecule has 0 aliphatic heterocycles. The number of carbonyl (C=O) groups excluding carboxylic acids is 1. The molecule has 23 heavy (non-hydrogen) atoms. The van der Waals surface area contributed by atoms with Crippen molar-refractivity contribution < 1.29 is 18.3 Å². The minimum atomic E-state index is -2.72. The Bertz CT molecular complexity index is 832. The molecular formula is C14H13F2N5O2. The quantitative estimate of drug-likeness (QED) is 0.923. The number of ether oxygens (including phenoxy) is 1. The molecule has 1 aliphatic rings. The highest BCUT2D eigenvalue weighted by Crippen LogP contribution is 2.37. The van der Waals surface area contributed by atoms with Crippen LogP contribution in [0.4, 0.5) is 8.78 Å². The Morgan fingerprint density at radius 3 is 2.83 bits per heavy atom. The lowest BCUT2D eigenvalue weighted by Crippen LogP contribution is -2.50. The normalized spacial score (nSPS) is 16.7. The molecule has 0 unspecified atom stereocenters. The van der Waals surface area contributed by atoms with E-state index in [0.29, 0.717) is 5.69 Å². The molecule has 1 saturated carbocycles. The van der Waals surface area contributed by atoms with Crippen molar-refractivity contribution in [2.45, 2.75) is 31.7 Å². The van der Waals surface area contributed by atoms with Crippen molar-refractivity contribution in [2.24, 2.45) is 0 Å². The van der Waals surface area contributed by atoms with Crippen molar-refractivity contribution in [3.05, 3.63) is 23.0 Å². The largest absolute Gasteiger partial charge is 0.481 e. The predicted molar refractivity (Wildman–Crippen MR) is 74.4 cm³/mol. The molecule has 0 radical (unpaired) electrons. The molecule has 0 bridgehead atoms. The van der Waals surface area contributed by atoms with Crippen LogP contribution < -0.4 is 10.1 Å². The van der Waals surface area contributed by atoms with Crippen molar-refractivity contribution in [3.8, 4) is 11.9 Å². The molecule has 0 spiro atoms. The highest BCUT2D eigenvalue weighted by Gasteiger charge is 2.46. The van der Waals surface area contributed by atoms with E-state index in [1.54, 1.807) is 6.92 Å². The van der Waals surface area contributed by atoms with Crippen LogP contribution in [0.5, 0.6) is 5.88 Å². The summed E-state index contributed by atoms with van der Waals surface area (Å²) < 4.78 is 32.0. The second-order valence-corrected chi connectivity index (χ2v) is 5.43. The van der Waals surface area contributed by atoms with Gasteiger partial charge in [-0.25, -0.2) is 13.3 Å². The Kier molecular flexibility index (Phi) is 3.39. The molecule has 3 rings (SSSR count). The summed E-state index contributed by atoms with van der Waals surface area (Å²) in [4.78, 5) is 16.5. The number of rotatable bonds is 3. The van der Waals surface area contributed by atoms with Crippen LogP contribution in [0.1, 0.15) is 34.6 Å². The van der Waals surface area contributed by atoms with Gasteiger partial charge in [0.05, 0.1) is 12.8 Å². The lowest BCUT2D eigenvalue weighted by atomic mass is 9.88. The third-order valence-corrected chi connectivity index (χ3v) is 3.72. The number of aryl methyl sites for hydroxylation is 1. The molecule has 0 saturated heterocycles. The minimum absolute atomic E-state index is 0.0756. The predicted octanol–water partition coefficient (Wildman–Crippen LogP) is 1.45. The fourth-order valence-corrected chi connectivity index (χ4v) is 2.52. The molecule has 1 fully saturated rings. The van der Waals surface area contributed by atoms with E-state index in [0.717, 1.165) is 0 Å². The lowest BCUT2D eigenvalue weighted by molar-refractivity contribution is -0.0901. The smallest absolute Gasteiger partial charge is 0.270 e. The molecule has 7 nitrogen and oxygen atoms in total. The Morgan fingerprint density at radius 2 is 2.26 bits per heavy atom. The Labute approximate surface area is 129 Å². The molecule has 120 valence electrons. The van der Waals surface area contributed by atoms with Gasteiger partial charge in [0.1, 0.15) is 17.3 Å². The number of hydrogen-bond acceptors (Lipinski definition) is 5. The van der Waals surface area contributed by atoms with E-state index in [2.05, 4.69) is 15.4 Å². The summed E-state index contributed by atoms with van der Waals surface area (Å²) in [6, 6.07) is 2.75. The van der Waals surface area contributed by atoms with Crippen LogP contribution in [0, 0.1) is 18.3 Å². The molecular weight excluding hydrogens is 308 g/mol. The van der Waals surface area contributed by atoms with Gasteiger partial charge in [0.2, 0.25) is 5.88 Å². The van der Waals surface area contributed by atoms with Gasteiger partial charge in [-0.05, 0) is 6.92 Å². The molecule has 1 N–H and O–H groups in total. The number of hydrogen-bond donors (Lipinski definition) is 1. The second-order valence-electron chi connectivity index (χ2n) is 5.43. The van der Waals surface area contributed by atoms with Crippen LogP contribution in [-0.2, 0) is 0 Å². The van der Waals surface area contributed by atoms with Crippen LogP contribution in [0.25, 0.3) is 5.65 Å². The van der Waals surface area contributed by atoms with Crippen LogP contribution in [0.15, 0.2) is 6.07 Å².